The monoisotopic (exact) mass is 515 g/mol. The molecular weight excluding hydrogens is 494 g/mol. The number of rotatable bonds is 3. The van der Waals surface area contributed by atoms with Gasteiger partial charge in [-0.1, -0.05) is 109 Å². The molecule has 5 aromatic carbocycles. The predicted octanol–water partition coefficient (Wildman–Crippen LogP) is 9.55. The highest BCUT2D eigenvalue weighted by atomic mass is 32.1. The minimum Gasteiger partial charge on any atom is -0.256 e. The van der Waals surface area contributed by atoms with E-state index >= 15 is 0 Å². The van der Waals surface area contributed by atoms with Gasteiger partial charge in [-0.3, -0.25) is 4.98 Å². The van der Waals surface area contributed by atoms with Crippen molar-refractivity contribution in [3.05, 3.63) is 128 Å². The van der Waals surface area contributed by atoms with E-state index in [1.165, 1.54) is 26.4 Å². The number of hydrogen-bond donors (Lipinski definition) is 0. The Labute approximate surface area is 229 Å². The van der Waals surface area contributed by atoms with E-state index in [0.717, 1.165) is 49.3 Å². The molecule has 0 aliphatic rings. The molecule has 0 radical (unpaired) electrons. The second-order valence-corrected chi connectivity index (χ2v) is 10.7. The number of fused-ring (bicyclic) bond motifs is 6. The standard InChI is InChI=1S/C35H21N3S/c1-2-8-23(9-3-1)32-34-33(29-11-4-5-14-30(29)39-34)38-35(37-32)25-17-15-22(16-18-25)26-12-6-13-28-27(26)20-19-24-10-7-21-36-31(24)28/h1-21H. The lowest BCUT2D eigenvalue weighted by molar-refractivity contribution is 1.24. The van der Waals surface area contributed by atoms with Gasteiger partial charge >= 0.3 is 0 Å². The highest BCUT2D eigenvalue weighted by Crippen LogP contribution is 2.39. The van der Waals surface area contributed by atoms with Gasteiger partial charge in [-0.05, 0) is 28.6 Å². The maximum atomic E-state index is 5.11. The maximum absolute atomic E-state index is 5.11. The quantitative estimate of drug-likeness (QED) is 0.220. The normalized spacial score (nSPS) is 11.6. The smallest absolute Gasteiger partial charge is 0.160 e. The van der Waals surface area contributed by atoms with Crippen LogP contribution in [-0.2, 0) is 0 Å². The maximum Gasteiger partial charge on any atom is 0.160 e. The number of aromatic nitrogens is 3. The van der Waals surface area contributed by atoms with E-state index in [0.29, 0.717) is 0 Å². The van der Waals surface area contributed by atoms with Crippen molar-refractivity contribution in [1.29, 1.82) is 0 Å². The average Bonchev–Trinajstić information content (AvgIpc) is 3.39. The summed E-state index contributed by atoms with van der Waals surface area (Å²) in [5.74, 6) is 0.740. The first-order chi connectivity index (χ1) is 19.3. The molecular formula is C35H21N3S. The molecule has 0 fully saturated rings. The van der Waals surface area contributed by atoms with Gasteiger partial charge in [0.2, 0.25) is 0 Å². The topological polar surface area (TPSA) is 38.7 Å². The van der Waals surface area contributed by atoms with E-state index in [-0.39, 0.29) is 0 Å². The lowest BCUT2D eigenvalue weighted by Gasteiger charge is -2.10. The zero-order chi connectivity index (χ0) is 25.8. The number of hydrogen-bond acceptors (Lipinski definition) is 4. The molecule has 0 saturated heterocycles. The van der Waals surface area contributed by atoms with Crippen molar-refractivity contribution in [3.63, 3.8) is 0 Å². The molecule has 4 heteroatoms. The summed E-state index contributed by atoms with van der Waals surface area (Å²) in [7, 11) is 0. The van der Waals surface area contributed by atoms with Crippen molar-refractivity contribution in [3.8, 4) is 33.8 Å². The first-order valence-corrected chi connectivity index (χ1v) is 13.8. The van der Waals surface area contributed by atoms with Crippen molar-refractivity contribution >= 4 is 53.3 Å². The molecule has 182 valence electrons. The molecule has 3 nitrogen and oxygen atoms in total. The van der Waals surface area contributed by atoms with Crippen molar-refractivity contribution < 1.29 is 0 Å². The summed E-state index contributed by atoms with van der Waals surface area (Å²) in [5, 5.41) is 4.69. The van der Waals surface area contributed by atoms with Gasteiger partial charge in [-0.25, -0.2) is 9.97 Å². The third kappa shape index (κ3) is 3.61. The second-order valence-electron chi connectivity index (χ2n) is 9.66. The molecule has 0 aliphatic heterocycles. The van der Waals surface area contributed by atoms with Crippen LogP contribution in [0.3, 0.4) is 0 Å². The Bertz CT molecular complexity index is 2160. The summed E-state index contributed by atoms with van der Waals surface area (Å²) in [4.78, 5) is 14.9. The molecule has 0 aliphatic carbocycles. The van der Waals surface area contributed by atoms with Gasteiger partial charge in [0.05, 0.1) is 21.4 Å². The summed E-state index contributed by atoms with van der Waals surface area (Å²) in [6, 6.07) is 42.4. The van der Waals surface area contributed by atoms with Gasteiger partial charge in [0.1, 0.15) is 0 Å². The van der Waals surface area contributed by atoms with Crippen LogP contribution in [0.1, 0.15) is 0 Å². The SMILES string of the molecule is c1ccc(-c2nc(-c3ccc(-c4cccc5c4ccc4cccnc45)cc3)nc3c2sc2ccccc23)cc1. The van der Waals surface area contributed by atoms with E-state index in [1.807, 2.05) is 18.3 Å². The summed E-state index contributed by atoms with van der Waals surface area (Å²) in [6.07, 6.45) is 1.86. The van der Waals surface area contributed by atoms with Gasteiger partial charge in [0.15, 0.2) is 5.82 Å². The summed E-state index contributed by atoms with van der Waals surface area (Å²) < 4.78 is 2.35. The zero-order valence-corrected chi connectivity index (χ0v) is 21.7. The Morgan fingerprint density at radius 1 is 0.487 bits per heavy atom. The molecule has 8 aromatic rings. The molecule has 3 aromatic heterocycles. The first kappa shape index (κ1) is 22.1. The van der Waals surface area contributed by atoms with Crippen LogP contribution in [0.15, 0.2) is 128 Å². The van der Waals surface area contributed by atoms with E-state index < -0.39 is 0 Å². The molecule has 0 saturated carbocycles. The molecule has 0 N–H and O–H groups in total. The van der Waals surface area contributed by atoms with Crippen molar-refractivity contribution in [2.75, 3.05) is 0 Å². The molecule has 0 amide bonds. The third-order valence-corrected chi connectivity index (χ3v) is 8.52. The van der Waals surface area contributed by atoms with Crippen LogP contribution in [0.5, 0.6) is 0 Å². The lowest BCUT2D eigenvalue weighted by atomic mass is 9.96. The van der Waals surface area contributed by atoms with Crippen LogP contribution in [0.2, 0.25) is 0 Å². The van der Waals surface area contributed by atoms with E-state index in [9.17, 15) is 0 Å². The molecule has 0 spiro atoms. The van der Waals surface area contributed by atoms with E-state index in [2.05, 4.69) is 114 Å². The molecule has 3 heterocycles. The Morgan fingerprint density at radius 2 is 1.28 bits per heavy atom. The fourth-order valence-electron chi connectivity index (χ4n) is 5.46. The van der Waals surface area contributed by atoms with Gasteiger partial charge < -0.3 is 0 Å². The summed E-state index contributed by atoms with van der Waals surface area (Å²) in [6.45, 7) is 0. The zero-order valence-electron chi connectivity index (χ0n) is 20.9. The third-order valence-electron chi connectivity index (χ3n) is 7.35. The molecule has 0 unspecified atom stereocenters. The fourth-order valence-corrected chi connectivity index (χ4v) is 6.62. The van der Waals surface area contributed by atoms with Crippen molar-refractivity contribution in [1.82, 2.24) is 15.0 Å². The average molecular weight is 516 g/mol. The minimum atomic E-state index is 0.740. The van der Waals surface area contributed by atoms with Gasteiger partial charge in [0.25, 0.3) is 0 Å². The molecule has 0 bridgehead atoms. The highest BCUT2D eigenvalue weighted by Gasteiger charge is 2.16. The van der Waals surface area contributed by atoms with Gasteiger partial charge in [0, 0.05) is 38.2 Å². The molecule has 39 heavy (non-hydrogen) atoms. The van der Waals surface area contributed by atoms with E-state index in [1.54, 1.807) is 11.3 Å². The summed E-state index contributed by atoms with van der Waals surface area (Å²) in [5.41, 5.74) is 7.48. The molecule has 8 rings (SSSR count). The fraction of sp³-hybridized carbons (Fsp3) is 0. The first-order valence-electron chi connectivity index (χ1n) is 13.0. The number of nitrogens with zero attached hydrogens (tertiary/aromatic N) is 3. The van der Waals surface area contributed by atoms with Crippen molar-refractivity contribution in [2.24, 2.45) is 0 Å². The Kier molecular flexibility index (Phi) is 5.00. The highest BCUT2D eigenvalue weighted by molar-refractivity contribution is 7.26. The van der Waals surface area contributed by atoms with E-state index in [4.69, 9.17) is 9.97 Å². The van der Waals surface area contributed by atoms with Gasteiger partial charge in [-0.2, -0.15) is 0 Å². The Balaban J connectivity index is 1.28. The minimum absolute atomic E-state index is 0.740. The summed E-state index contributed by atoms with van der Waals surface area (Å²) >= 11 is 1.76. The predicted molar refractivity (Wildman–Crippen MR) is 164 cm³/mol. The van der Waals surface area contributed by atoms with Gasteiger partial charge in [-0.15, -0.1) is 11.3 Å². The van der Waals surface area contributed by atoms with Crippen LogP contribution < -0.4 is 0 Å². The van der Waals surface area contributed by atoms with Crippen LogP contribution in [0.4, 0.5) is 0 Å². The Morgan fingerprint density at radius 3 is 2.18 bits per heavy atom. The van der Waals surface area contributed by atoms with Crippen molar-refractivity contribution in [2.45, 2.75) is 0 Å². The number of benzene rings is 5. The van der Waals surface area contributed by atoms with Crippen LogP contribution in [0.25, 0.3) is 75.8 Å². The second kappa shape index (κ2) is 8.83. The Hall–Kier alpha value is -4.93. The largest absolute Gasteiger partial charge is 0.256 e. The number of pyridine rings is 1. The lowest BCUT2D eigenvalue weighted by Crippen LogP contribution is -1.93. The van der Waals surface area contributed by atoms with Crippen LogP contribution in [0, 0.1) is 0 Å². The van der Waals surface area contributed by atoms with Crippen LogP contribution >= 0.6 is 11.3 Å². The number of thiophene rings is 1. The molecule has 0 atom stereocenters. The van der Waals surface area contributed by atoms with Crippen LogP contribution in [-0.4, -0.2) is 15.0 Å².